The molecule has 1 fully saturated rings. The minimum atomic E-state index is -2.59. The Morgan fingerprint density at radius 3 is 2.40 bits per heavy atom. The second-order valence-electron chi connectivity index (χ2n) is 2.86. The molecule has 0 unspecified atom stereocenters. The van der Waals surface area contributed by atoms with Crippen LogP contribution in [0.25, 0.3) is 0 Å². The Labute approximate surface area is 63.8 Å². The number of hydrogen-bond donors (Lipinski definition) is 2. The Morgan fingerprint density at radius 2 is 2.10 bits per heavy atom. The average Bonchev–Trinajstić information content (AvgIpc) is 1.80. The maximum atomic E-state index is 11.9. The van der Waals surface area contributed by atoms with Crippen LogP contribution in [0.1, 0.15) is 12.8 Å². The number of rotatable bonds is 2. The summed E-state index contributed by atoms with van der Waals surface area (Å²) in [6.07, 6.45) is -2.19. The van der Waals surface area contributed by atoms with E-state index in [1.807, 2.05) is 0 Å². The topological polar surface area (TPSA) is 20.2 Å². The Balaban J connectivity index is 2.34. The second kappa shape index (κ2) is 2.66. The van der Waals surface area contributed by atoms with Gasteiger partial charge in [-0.25, -0.2) is 8.78 Å². The molecule has 0 spiro atoms. The summed E-state index contributed by atoms with van der Waals surface area (Å²) in [5.41, 5.74) is -1.69. The molecule has 60 valence electrons. The van der Waals surface area contributed by atoms with Gasteiger partial charge in [0, 0.05) is 0 Å². The van der Waals surface area contributed by atoms with Crippen molar-refractivity contribution in [1.29, 1.82) is 0 Å². The van der Waals surface area contributed by atoms with Crippen molar-refractivity contribution in [3.63, 3.8) is 0 Å². The van der Waals surface area contributed by atoms with Gasteiger partial charge in [0.25, 0.3) is 6.43 Å². The maximum absolute atomic E-state index is 11.9. The van der Waals surface area contributed by atoms with Gasteiger partial charge >= 0.3 is 0 Å². The monoisotopic (exact) mass is 168 g/mol. The molecular formula is C6H10F2OS. The largest absolute Gasteiger partial charge is 0.384 e. The van der Waals surface area contributed by atoms with Gasteiger partial charge < -0.3 is 5.11 Å². The summed E-state index contributed by atoms with van der Waals surface area (Å²) in [5.74, 6) is 0.775. The van der Waals surface area contributed by atoms with Gasteiger partial charge in [-0.15, -0.1) is 0 Å². The first-order chi connectivity index (χ1) is 4.58. The van der Waals surface area contributed by atoms with Gasteiger partial charge in [-0.05, 0) is 24.5 Å². The molecule has 0 atom stereocenters. The Morgan fingerprint density at radius 1 is 1.60 bits per heavy atom. The van der Waals surface area contributed by atoms with Gasteiger partial charge in [-0.1, -0.05) is 0 Å². The highest BCUT2D eigenvalue weighted by molar-refractivity contribution is 7.80. The average molecular weight is 168 g/mol. The van der Waals surface area contributed by atoms with E-state index in [1.165, 1.54) is 0 Å². The van der Waals surface area contributed by atoms with Crippen molar-refractivity contribution in [2.45, 2.75) is 24.9 Å². The summed E-state index contributed by atoms with van der Waals surface area (Å²) in [5, 5.41) is 9.00. The van der Waals surface area contributed by atoms with Crippen molar-refractivity contribution in [2.75, 3.05) is 5.75 Å². The van der Waals surface area contributed by atoms with Crippen LogP contribution in [-0.2, 0) is 0 Å². The first kappa shape index (κ1) is 8.27. The molecule has 0 radical (unpaired) electrons. The zero-order valence-electron chi connectivity index (χ0n) is 5.43. The van der Waals surface area contributed by atoms with E-state index >= 15 is 0 Å². The van der Waals surface area contributed by atoms with Gasteiger partial charge in [0.05, 0.1) is 0 Å². The number of halogens is 2. The highest BCUT2D eigenvalue weighted by atomic mass is 32.1. The fraction of sp³-hybridized carbons (Fsp3) is 1.00. The second-order valence-corrected chi connectivity index (χ2v) is 3.23. The van der Waals surface area contributed by atoms with Crippen molar-refractivity contribution >= 4 is 12.6 Å². The third kappa shape index (κ3) is 1.27. The Bertz CT molecular complexity index is 123. The van der Waals surface area contributed by atoms with Crippen molar-refractivity contribution in [2.24, 2.45) is 5.92 Å². The van der Waals surface area contributed by atoms with Crippen LogP contribution < -0.4 is 0 Å². The molecule has 1 aliphatic rings. The van der Waals surface area contributed by atoms with E-state index in [1.54, 1.807) is 0 Å². The Kier molecular flexibility index (Phi) is 2.20. The normalized spacial score (nSPS) is 39.9. The lowest BCUT2D eigenvalue weighted by molar-refractivity contribution is -0.163. The number of thiol groups is 1. The number of aliphatic hydroxyl groups is 1. The molecule has 0 aromatic carbocycles. The van der Waals surface area contributed by atoms with E-state index in [2.05, 4.69) is 12.6 Å². The van der Waals surface area contributed by atoms with Crippen LogP contribution in [0.4, 0.5) is 8.78 Å². The highest BCUT2D eigenvalue weighted by Crippen LogP contribution is 2.42. The molecule has 0 aromatic heterocycles. The molecule has 1 rings (SSSR count). The van der Waals surface area contributed by atoms with Gasteiger partial charge in [0.2, 0.25) is 0 Å². The summed E-state index contributed by atoms with van der Waals surface area (Å²) in [6.45, 7) is 0. The van der Waals surface area contributed by atoms with Crippen molar-refractivity contribution in [1.82, 2.24) is 0 Å². The third-order valence-electron chi connectivity index (χ3n) is 1.95. The molecule has 1 saturated carbocycles. The molecule has 1 N–H and O–H groups in total. The molecule has 0 amide bonds. The van der Waals surface area contributed by atoms with Gasteiger partial charge in [0.1, 0.15) is 5.60 Å². The number of alkyl halides is 2. The predicted molar refractivity (Wildman–Crippen MR) is 37.5 cm³/mol. The van der Waals surface area contributed by atoms with Crippen molar-refractivity contribution in [3.05, 3.63) is 0 Å². The molecule has 1 aliphatic carbocycles. The summed E-state index contributed by atoms with van der Waals surface area (Å²) in [4.78, 5) is 0. The summed E-state index contributed by atoms with van der Waals surface area (Å²) in [7, 11) is 0. The lowest BCUT2D eigenvalue weighted by Crippen LogP contribution is -2.50. The molecule has 1 nitrogen and oxygen atoms in total. The Hall–Kier alpha value is 0.170. The fourth-order valence-electron chi connectivity index (χ4n) is 1.25. The van der Waals surface area contributed by atoms with E-state index in [0.29, 0.717) is 5.75 Å². The SMILES string of the molecule is OC1(C(F)F)CC(CS)C1. The van der Waals surface area contributed by atoms with Gasteiger partial charge in [-0.2, -0.15) is 12.6 Å². The van der Waals surface area contributed by atoms with E-state index in [0.717, 1.165) is 0 Å². The summed E-state index contributed by atoms with van der Waals surface area (Å²) >= 11 is 3.94. The summed E-state index contributed by atoms with van der Waals surface area (Å²) < 4.78 is 23.8. The predicted octanol–water partition coefficient (Wildman–Crippen LogP) is 1.32. The van der Waals surface area contributed by atoms with E-state index < -0.39 is 12.0 Å². The standard InChI is InChI=1S/C6H10F2OS/c7-5(8)6(9)1-4(2-6)3-10/h4-5,9-10H,1-3H2. The third-order valence-corrected chi connectivity index (χ3v) is 2.47. The van der Waals surface area contributed by atoms with E-state index in [9.17, 15) is 8.78 Å². The summed E-state index contributed by atoms with van der Waals surface area (Å²) in [6, 6.07) is 0. The molecule has 10 heavy (non-hydrogen) atoms. The fourth-order valence-corrected chi connectivity index (χ4v) is 1.51. The zero-order valence-corrected chi connectivity index (χ0v) is 6.32. The van der Waals surface area contributed by atoms with Crippen LogP contribution in [0.15, 0.2) is 0 Å². The van der Waals surface area contributed by atoms with E-state index in [-0.39, 0.29) is 18.8 Å². The van der Waals surface area contributed by atoms with Crippen LogP contribution >= 0.6 is 12.6 Å². The highest BCUT2D eigenvalue weighted by Gasteiger charge is 2.48. The smallest absolute Gasteiger partial charge is 0.266 e. The lowest BCUT2D eigenvalue weighted by Gasteiger charge is -2.42. The van der Waals surface area contributed by atoms with Crippen molar-refractivity contribution < 1.29 is 13.9 Å². The first-order valence-corrected chi connectivity index (χ1v) is 3.83. The molecule has 0 aliphatic heterocycles. The zero-order chi connectivity index (χ0) is 7.78. The first-order valence-electron chi connectivity index (χ1n) is 3.20. The number of hydrogen-bond acceptors (Lipinski definition) is 2. The van der Waals surface area contributed by atoms with Crippen LogP contribution in [0, 0.1) is 5.92 Å². The van der Waals surface area contributed by atoms with Crippen LogP contribution in [-0.4, -0.2) is 22.9 Å². The maximum Gasteiger partial charge on any atom is 0.266 e. The van der Waals surface area contributed by atoms with Crippen molar-refractivity contribution in [3.8, 4) is 0 Å². The molecule has 0 heterocycles. The quantitative estimate of drug-likeness (QED) is 0.596. The van der Waals surface area contributed by atoms with Crippen LogP contribution in [0.3, 0.4) is 0 Å². The molecule has 4 heteroatoms. The lowest BCUT2D eigenvalue weighted by atomic mass is 9.72. The molecular weight excluding hydrogens is 158 g/mol. The van der Waals surface area contributed by atoms with Crippen LogP contribution in [0.5, 0.6) is 0 Å². The van der Waals surface area contributed by atoms with Crippen LogP contribution in [0.2, 0.25) is 0 Å². The minimum absolute atomic E-state index is 0.183. The van der Waals surface area contributed by atoms with E-state index in [4.69, 9.17) is 5.11 Å². The molecule has 0 bridgehead atoms. The molecule has 0 saturated heterocycles. The van der Waals surface area contributed by atoms with Gasteiger partial charge in [-0.3, -0.25) is 0 Å². The van der Waals surface area contributed by atoms with Gasteiger partial charge in [0.15, 0.2) is 0 Å². The molecule has 0 aromatic rings. The minimum Gasteiger partial charge on any atom is -0.384 e.